The molecule has 1 aromatic carbocycles. The van der Waals surface area contributed by atoms with Crippen molar-refractivity contribution in [3.8, 4) is 0 Å². The first-order chi connectivity index (χ1) is 13.4. The number of amides is 2. The van der Waals surface area contributed by atoms with Crippen LogP contribution in [-0.2, 0) is 17.8 Å². The first-order valence-electron chi connectivity index (χ1n) is 9.79. The minimum atomic E-state index is -0.363. The third-order valence-electron chi connectivity index (χ3n) is 5.13. The van der Waals surface area contributed by atoms with Crippen LogP contribution in [-0.4, -0.2) is 57.6 Å². The molecule has 3 rings (SSSR count). The maximum Gasteiger partial charge on any atom is 0.272 e. The van der Waals surface area contributed by atoms with Gasteiger partial charge in [-0.3, -0.25) is 14.3 Å². The van der Waals surface area contributed by atoms with Crippen molar-refractivity contribution in [2.75, 3.05) is 26.2 Å². The molecule has 0 spiro atoms. The molecule has 1 aliphatic rings. The van der Waals surface area contributed by atoms with Crippen LogP contribution in [0.2, 0.25) is 0 Å². The van der Waals surface area contributed by atoms with Gasteiger partial charge in [-0.1, -0.05) is 32.0 Å². The zero-order valence-electron chi connectivity index (χ0n) is 16.7. The van der Waals surface area contributed by atoms with Crippen molar-refractivity contribution < 1.29 is 14.0 Å². The fraction of sp³-hybridized carbons (Fsp3) is 0.476. The van der Waals surface area contributed by atoms with Gasteiger partial charge in [-0.15, -0.1) is 0 Å². The Labute approximate surface area is 164 Å². The van der Waals surface area contributed by atoms with E-state index in [9.17, 15) is 14.0 Å². The van der Waals surface area contributed by atoms with Gasteiger partial charge in [0.15, 0.2) is 0 Å². The van der Waals surface area contributed by atoms with E-state index in [1.165, 1.54) is 6.07 Å². The first kappa shape index (κ1) is 20.0. The lowest BCUT2D eigenvalue weighted by Gasteiger charge is -2.34. The molecule has 6 nitrogen and oxygen atoms in total. The molecular weight excluding hydrogens is 359 g/mol. The number of aryl methyl sites for hydroxylation is 1. The minimum absolute atomic E-state index is 0.0426. The molecule has 1 fully saturated rings. The Balaban J connectivity index is 1.61. The van der Waals surface area contributed by atoms with Crippen molar-refractivity contribution in [1.29, 1.82) is 0 Å². The van der Waals surface area contributed by atoms with E-state index < -0.39 is 0 Å². The molecule has 2 amide bonds. The summed E-state index contributed by atoms with van der Waals surface area (Å²) in [6, 6.07) is 8.20. The molecular formula is C21H27FN4O2. The van der Waals surface area contributed by atoms with Gasteiger partial charge in [0.1, 0.15) is 11.5 Å². The normalized spacial score (nSPS) is 14.6. The lowest BCUT2D eigenvalue weighted by atomic mass is 10.1. The number of hydrogen-bond donors (Lipinski definition) is 0. The molecule has 1 aromatic heterocycles. The van der Waals surface area contributed by atoms with Crippen molar-refractivity contribution in [1.82, 2.24) is 19.6 Å². The standard InChI is InChI=1S/C21H27FN4O2/c1-4-26-19(14-18(23-26)15(2)3)21(28)25-11-9-24(10-12-25)20(27)13-16-7-5-6-8-17(16)22/h5-8,14-15H,4,9-13H2,1-3H3. The Morgan fingerprint density at radius 3 is 2.36 bits per heavy atom. The Kier molecular flexibility index (Phi) is 6.11. The van der Waals surface area contributed by atoms with Crippen LogP contribution < -0.4 is 0 Å². The fourth-order valence-corrected chi connectivity index (χ4v) is 3.37. The summed E-state index contributed by atoms with van der Waals surface area (Å²) < 4.78 is 15.5. The van der Waals surface area contributed by atoms with Gasteiger partial charge >= 0.3 is 0 Å². The van der Waals surface area contributed by atoms with Gasteiger partial charge in [0.05, 0.1) is 12.1 Å². The highest BCUT2D eigenvalue weighted by molar-refractivity contribution is 5.93. The van der Waals surface area contributed by atoms with Crippen molar-refractivity contribution in [2.45, 2.75) is 39.7 Å². The number of piperazine rings is 1. The van der Waals surface area contributed by atoms with E-state index in [-0.39, 0.29) is 30.0 Å². The lowest BCUT2D eigenvalue weighted by Crippen LogP contribution is -2.51. The number of aromatic nitrogens is 2. The molecule has 0 unspecified atom stereocenters. The number of carbonyl (C=O) groups is 2. The Bertz CT molecular complexity index is 854. The highest BCUT2D eigenvalue weighted by Gasteiger charge is 2.27. The molecule has 7 heteroatoms. The molecule has 2 aromatic rings. The van der Waals surface area contributed by atoms with Crippen LogP contribution in [0.4, 0.5) is 4.39 Å². The summed E-state index contributed by atoms with van der Waals surface area (Å²) in [5.74, 6) is -0.272. The number of hydrogen-bond acceptors (Lipinski definition) is 3. The number of rotatable bonds is 5. The van der Waals surface area contributed by atoms with E-state index in [1.54, 1.807) is 32.7 Å². The number of carbonyl (C=O) groups excluding carboxylic acids is 2. The van der Waals surface area contributed by atoms with Crippen LogP contribution in [0.1, 0.15) is 48.4 Å². The molecule has 0 saturated carbocycles. The van der Waals surface area contributed by atoms with E-state index in [0.29, 0.717) is 44.0 Å². The quantitative estimate of drug-likeness (QED) is 0.794. The van der Waals surface area contributed by atoms with Crippen molar-refractivity contribution in [2.24, 2.45) is 0 Å². The summed E-state index contributed by atoms with van der Waals surface area (Å²) in [6.07, 6.45) is 0.0426. The fourth-order valence-electron chi connectivity index (χ4n) is 3.37. The van der Waals surface area contributed by atoms with Crippen LogP contribution in [0.5, 0.6) is 0 Å². The van der Waals surface area contributed by atoms with E-state index >= 15 is 0 Å². The summed E-state index contributed by atoms with van der Waals surface area (Å²) >= 11 is 0. The van der Waals surface area contributed by atoms with Crippen molar-refractivity contribution in [3.05, 3.63) is 53.1 Å². The second kappa shape index (κ2) is 8.54. The van der Waals surface area contributed by atoms with Gasteiger partial charge < -0.3 is 9.80 Å². The second-order valence-corrected chi connectivity index (χ2v) is 7.37. The molecule has 150 valence electrons. The van der Waals surface area contributed by atoms with Gasteiger partial charge in [-0.25, -0.2) is 4.39 Å². The van der Waals surface area contributed by atoms with Gasteiger partial charge in [0.2, 0.25) is 5.91 Å². The Morgan fingerprint density at radius 1 is 1.11 bits per heavy atom. The highest BCUT2D eigenvalue weighted by Crippen LogP contribution is 2.17. The number of nitrogens with zero attached hydrogens (tertiary/aromatic N) is 4. The Hall–Kier alpha value is -2.70. The van der Waals surface area contributed by atoms with E-state index in [4.69, 9.17) is 0 Å². The molecule has 28 heavy (non-hydrogen) atoms. The average Bonchev–Trinajstić information content (AvgIpc) is 3.14. The third-order valence-corrected chi connectivity index (χ3v) is 5.13. The largest absolute Gasteiger partial charge is 0.339 e. The summed E-state index contributed by atoms with van der Waals surface area (Å²) in [6.45, 7) is 8.54. The molecule has 0 atom stereocenters. The molecule has 0 bridgehead atoms. The van der Waals surface area contributed by atoms with E-state index in [2.05, 4.69) is 18.9 Å². The smallest absolute Gasteiger partial charge is 0.272 e. The summed E-state index contributed by atoms with van der Waals surface area (Å²) in [5, 5.41) is 4.51. The van der Waals surface area contributed by atoms with Crippen LogP contribution in [0.15, 0.2) is 30.3 Å². The Morgan fingerprint density at radius 2 is 1.75 bits per heavy atom. The molecule has 2 heterocycles. The molecule has 0 aliphatic carbocycles. The summed E-state index contributed by atoms with van der Waals surface area (Å²) in [7, 11) is 0. The van der Waals surface area contributed by atoms with Gasteiger partial charge in [-0.05, 0) is 30.5 Å². The zero-order valence-corrected chi connectivity index (χ0v) is 16.7. The maximum absolute atomic E-state index is 13.8. The molecule has 0 radical (unpaired) electrons. The van der Waals surface area contributed by atoms with Crippen LogP contribution in [0, 0.1) is 5.82 Å². The van der Waals surface area contributed by atoms with Gasteiger partial charge in [-0.2, -0.15) is 5.10 Å². The van der Waals surface area contributed by atoms with Crippen LogP contribution in [0.3, 0.4) is 0 Å². The van der Waals surface area contributed by atoms with E-state index in [0.717, 1.165) is 5.69 Å². The van der Waals surface area contributed by atoms with Crippen molar-refractivity contribution >= 4 is 11.8 Å². The third kappa shape index (κ3) is 4.24. The van der Waals surface area contributed by atoms with Crippen LogP contribution >= 0.6 is 0 Å². The zero-order chi connectivity index (χ0) is 20.3. The second-order valence-electron chi connectivity index (χ2n) is 7.37. The summed E-state index contributed by atoms with van der Waals surface area (Å²) in [5.41, 5.74) is 1.90. The van der Waals surface area contributed by atoms with E-state index in [1.807, 2.05) is 13.0 Å². The van der Waals surface area contributed by atoms with Crippen LogP contribution in [0.25, 0.3) is 0 Å². The van der Waals surface area contributed by atoms with Gasteiger partial charge in [0, 0.05) is 32.7 Å². The predicted molar refractivity (Wildman–Crippen MR) is 105 cm³/mol. The molecule has 1 saturated heterocycles. The lowest BCUT2D eigenvalue weighted by molar-refractivity contribution is -0.132. The van der Waals surface area contributed by atoms with Gasteiger partial charge in [0.25, 0.3) is 5.91 Å². The highest BCUT2D eigenvalue weighted by atomic mass is 19.1. The summed E-state index contributed by atoms with van der Waals surface area (Å²) in [4.78, 5) is 28.9. The monoisotopic (exact) mass is 386 g/mol. The number of halogens is 1. The number of benzene rings is 1. The molecule has 0 N–H and O–H groups in total. The SMILES string of the molecule is CCn1nc(C(C)C)cc1C(=O)N1CCN(C(=O)Cc2ccccc2F)CC1. The predicted octanol–water partition coefficient (Wildman–Crippen LogP) is 2.69. The average molecular weight is 386 g/mol. The maximum atomic E-state index is 13.8. The first-order valence-corrected chi connectivity index (χ1v) is 9.79. The topological polar surface area (TPSA) is 58.4 Å². The molecule has 1 aliphatic heterocycles. The van der Waals surface area contributed by atoms with Crippen molar-refractivity contribution in [3.63, 3.8) is 0 Å². The minimum Gasteiger partial charge on any atom is -0.339 e.